The Labute approximate surface area is 131 Å². The van der Waals surface area contributed by atoms with Gasteiger partial charge in [-0.05, 0) is 29.2 Å². The minimum Gasteiger partial charge on any atom is -0.396 e. The first-order valence-corrected chi connectivity index (χ1v) is 7.04. The number of aliphatic hydroxyl groups is 3. The van der Waals surface area contributed by atoms with Crippen LogP contribution in [0.1, 0.15) is 54.0 Å². The summed E-state index contributed by atoms with van der Waals surface area (Å²) in [4.78, 5) is 21.3. The number of aldehydes is 2. The third-order valence-electron chi connectivity index (χ3n) is 3.26. The second-order valence-corrected chi connectivity index (χ2v) is 6.66. The molecule has 0 saturated heterocycles. The lowest BCUT2D eigenvalue weighted by atomic mass is 9.85. The van der Waals surface area contributed by atoms with E-state index < -0.39 is 5.41 Å². The van der Waals surface area contributed by atoms with Crippen molar-refractivity contribution in [1.29, 1.82) is 0 Å². The molecule has 1 aromatic rings. The third kappa shape index (κ3) is 6.47. The third-order valence-corrected chi connectivity index (χ3v) is 3.26. The summed E-state index contributed by atoms with van der Waals surface area (Å²) in [6, 6.07) is 5.23. The van der Waals surface area contributed by atoms with Crippen LogP contribution >= 0.6 is 0 Å². The van der Waals surface area contributed by atoms with E-state index in [9.17, 15) is 9.59 Å². The van der Waals surface area contributed by atoms with Gasteiger partial charge < -0.3 is 15.3 Å². The second-order valence-electron chi connectivity index (χ2n) is 6.66. The van der Waals surface area contributed by atoms with Crippen molar-refractivity contribution < 1.29 is 24.9 Å². The highest BCUT2D eigenvalue weighted by Gasteiger charge is 2.20. The highest BCUT2D eigenvalue weighted by atomic mass is 16.3. The molecule has 0 fully saturated rings. The van der Waals surface area contributed by atoms with E-state index in [0.29, 0.717) is 11.1 Å². The lowest BCUT2D eigenvalue weighted by Crippen LogP contribution is -2.29. The van der Waals surface area contributed by atoms with Crippen molar-refractivity contribution in [3.05, 3.63) is 34.9 Å². The molecule has 0 radical (unpaired) electrons. The number of hydrogen-bond donors (Lipinski definition) is 3. The predicted molar refractivity (Wildman–Crippen MR) is 85.3 cm³/mol. The van der Waals surface area contributed by atoms with Crippen molar-refractivity contribution in [1.82, 2.24) is 0 Å². The minimum atomic E-state index is -0.708. The predicted octanol–water partition coefficient (Wildman–Crippen LogP) is 1.58. The number of benzene rings is 1. The standard InChI is InChI=1S/C12H14O2.C5H12O3/c1-12(2,3)11-5-9(7-13)4-10(6-11)8-14;1-5(2-6,3-7)4-8/h4-8H,1-3H3;6-8H,2-4H2,1H3. The van der Waals surface area contributed by atoms with Crippen molar-refractivity contribution in [2.24, 2.45) is 5.41 Å². The molecule has 0 amide bonds. The van der Waals surface area contributed by atoms with E-state index in [1.54, 1.807) is 13.0 Å². The molecule has 0 bridgehead atoms. The molecule has 0 aromatic heterocycles. The lowest BCUT2D eigenvalue weighted by molar-refractivity contribution is 0.0200. The molecule has 1 rings (SSSR count). The maximum atomic E-state index is 10.6. The smallest absolute Gasteiger partial charge is 0.150 e. The van der Waals surface area contributed by atoms with Gasteiger partial charge in [0, 0.05) is 16.5 Å². The van der Waals surface area contributed by atoms with E-state index in [1.165, 1.54) is 0 Å². The average molecular weight is 310 g/mol. The van der Waals surface area contributed by atoms with Crippen molar-refractivity contribution in [2.75, 3.05) is 19.8 Å². The number of aliphatic hydroxyl groups excluding tert-OH is 3. The van der Waals surface area contributed by atoms with Crippen LogP contribution < -0.4 is 0 Å². The van der Waals surface area contributed by atoms with Crippen LogP contribution in [0.5, 0.6) is 0 Å². The normalized spacial score (nSPS) is 11.4. The molecular weight excluding hydrogens is 284 g/mol. The summed E-state index contributed by atoms with van der Waals surface area (Å²) in [6.45, 7) is 7.20. The molecule has 0 atom stereocenters. The first-order chi connectivity index (χ1) is 10.2. The number of hydrogen-bond acceptors (Lipinski definition) is 5. The van der Waals surface area contributed by atoms with E-state index in [2.05, 4.69) is 0 Å². The molecule has 5 nitrogen and oxygen atoms in total. The summed E-state index contributed by atoms with van der Waals surface area (Å²) in [5, 5.41) is 25.4. The fourth-order valence-corrected chi connectivity index (χ4v) is 1.40. The van der Waals surface area contributed by atoms with Crippen LogP contribution in [0.3, 0.4) is 0 Å². The van der Waals surface area contributed by atoms with E-state index >= 15 is 0 Å². The maximum absolute atomic E-state index is 10.6. The van der Waals surface area contributed by atoms with Crippen molar-refractivity contribution in [3.63, 3.8) is 0 Å². The van der Waals surface area contributed by atoms with E-state index in [0.717, 1.165) is 18.1 Å². The van der Waals surface area contributed by atoms with Gasteiger partial charge in [-0.3, -0.25) is 9.59 Å². The summed E-state index contributed by atoms with van der Waals surface area (Å²) in [5.41, 5.74) is 1.36. The van der Waals surface area contributed by atoms with Crippen LogP contribution in [0.2, 0.25) is 0 Å². The van der Waals surface area contributed by atoms with E-state index in [4.69, 9.17) is 15.3 Å². The van der Waals surface area contributed by atoms with Crippen LogP contribution in [-0.4, -0.2) is 47.7 Å². The molecule has 0 aliphatic heterocycles. The molecule has 3 N–H and O–H groups in total. The molecule has 0 spiro atoms. The van der Waals surface area contributed by atoms with Crippen molar-refractivity contribution in [2.45, 2.75) is 33.1 Å². The van der Waals surface area contributed by atoms with Gasteiger partial charge in [-0.1, -0.05) is 27.7 Å². The lowest BCUT2D eigenvalue weighted by Gasteiger charge is -2.20. The van der Waals surface area contributed by atoms with Crippen LogP contribution in [0.4, 0.5) is 0 Å². The molecule has 0 unspecified atom stereocenters. The zero-order valence-electron chi connectivity index (χ0n) is 13.7. The molecule has 22 heavy (non-hydrogen) atoms. The number of carbonyl (C=O) groups is 2. The van der Waals surface area contributed by atoms with Gasteiger partial charge in [0.15, 0.2) is 0 Å². The fraction of sp³-hybridized carbons (Fsp3) is 0.529. The monoisotopic (exact) mass is 310 g/mol. The summed E-state index contributed by atoms with van der Waals surface area (Å²) in [7, 11) is 0. The summed E-state index contributed by atoms with van der Waals surface area (Å²) < 4.78 is 0. The summed E-state index contributed by atoms with van der Waals surface area (Å²) in [6.07, 6.45) is 1.53. The van der Waals surface area contributed by atoms with Gasteiger partial charge >= 0.3 is 0 Å². The minimum absolute atomic E-state index is 0.0449. The van der Waals surface area contributed by atoms with Gasteiger partial charge in [-0.25, -0.2) is 0 Å². The Kier molecular flexibility index (Phi) is 8.16. The van der Waals surface area contributed by atoms with E-state index in [-0.39, 0.29) is 25.2 Å². The second kappa shape index (κ2) is 8.78. The molecule has 0 aliphatic rings. The van der Waals surface area contributed by atoms with Crippen LogP contribution in [-0.2, 0) is 5.41 Å². The Balaban J connectivity index is 0.000000472. The Morgan fingerprint density at radius 1 is 0.818 bits per heavy atom. The molecule has 5 heteroatoms. The van der Waals surface area contributed by atoms with Crippen LogP contribution in [0.25, 0.3) is 0 Å². The summed E-state index contributed by atoms with van der Waals surface area (Å²) >= 11 is 0. The van der Waals surface area contributed by atoms with Crippen LogP contribution in [0.15, 0.2) is 18.2 Å². The van der Waals surface area contributed by atoms with E-state index in [1.807, 2.05) is 32.9 Å². The van der Waals surface area contributed by atoms with Gasteiger partial charge in [0.05, 0.1) is 19.8 Å². The zero-order chi connectivity index (χ0) is 17.4. The summed E-state index contributed by atoms with van der Waals surface area (Å²) in [5.74, 6) is 0. The highest BCUT2D eigenvalue weighted by Crippen LogP contribution is 2.23. The van der Waals surface area contributed by atoms with Gasteiger partial charge in [0.1, 0.15) is 12.6 Å². The van der Waals surface area contributed by atoms with Crippen molar-refractivity contribution in [3.8, 4) is 0 Å². The Morgan fingerprint density at radius 3 is 1.36 bits per heavy atom. The van der Waals surface area contributed by atoms with Gasteiger partial charge in [0.2, 0.25) is 0 Å². The molecule has 0 heterocycles. The first-order valence-electron chi connectivity index (χ1n) is 7.04. The maximum Gasteiger partial charge on any atom is 0.150 e. The SMILES string of the molecule is CC(C)(C)c1cc(C=O)cc(C=O)c1.CC(CO)(CO)CO. The molecular formula is C17H26O5. The zero-order valence-corrected chi connectivity index (χ0v) is 13.7. The molecule has 0 saturated carbocycles. The van der Waals surface area contributed by atoms with Gasteiger partial charge in [-0.15, -0.1) is 0 Å². The fourth-order valence-electron chi connectivity index (χ4n) is 1.40. The van der Waals surface area contributed by atoms with Gasteiger partial charge in [-0.2, -0.15) is 0 Å². The number of rotatable bonds is 5. The topological polar surface area (TPSA) is 94.8 Å². The molecule has 0 aliphatic carbocycles. The number of carbonyl (C=O) groups excluding carboxylic acids is 2. The Morgan fingerprint density at radius 2 is 1.18 bits per heavy atom. The Bertz CT molecular complexity index is 450. The average Bonchev–Trinajstić information content (AvgIpc) is 2.53. The highest BCUT2D eigenvalue weighted by molar-refractivity contribution is 5.82. The van der Waals surface area contributed by atoms with Crippen LogP contribution in [0, 0.1) is 5.41 Å². The molecule has 124 valence electrons. The Hall–Kier alpha value is -1.56. The first kappa shape index (κ1) is 20.4. The molecule has 1 aromatic carbocycles. The van der Waals surface area contributed by atoms with Crippen molar-refractivity contribution >= 4 is 12.6 Å². The quantitative estimate of drug-likeness (QED) is 0.718. The largest absolute Gasteiger partial charge is 0.396 e. The van der Waals surface area contributed by atoms with Gasteiger partial charge in [0.25, 0.3) is 0 Å².